The molecule has 0 saturated carbocycles. The average molecular weight is 200 g/mol. The van der Waals surface area contributed by atoms with Gasteiger partial charge in [0.25, 0.3) is 0 Å². The van der Waals surface area contributed by atoms with Crippen LogP contribution in [0.3, 0.4) is 0 Å². The highest BCUT2D eigenvalue weighted by Crippen LogP contribution is 2.20. The topological polar surface area (TPSA) is 52.6 Å². The molecule has 0 aromatic heterocycles. The van der Waals surface area contributed by atoms with E-state index in [9.17, 15) is 4.79 Å². The first kappa shape index (κ1) is 11.5. The van der Waals surface area contributed by atoms with Crippen molar-refractivity contribution in [3.63, 3.8) is 0 Å². The van der Waals surface area contributed by atoms with E-state index in [0.29, 0.717) is 6.04 Å². The van der Waals surface area contributed by atoms with E-state index < -0.39 is 11.5 Å². The molecule has 0 aliphatic carbocycles. The third-order valence-corrected chi connectivity index (χ3v) is 3.26. The first-order valence-electron chi connectivity index (χ1n) is 5.13. The van der Waals surface area contributed by atoms with Crippen molar-refractivity contribution in [3.8, 4) is 0 Å². The van der Waals surface area contributed by atoms with Crippen molar-refractivity contribution >= 4 is 5.97 Å². The molecule has 0 spiro atoms. The minimum absolute atomic E-state index is 0.391. The molecule has 1 rings (SSSR count). The summed E-state index contributed by atoms with van der Waals surface area (Å²) in [6.45, 7) is 5.50. The number of likely N-dealkylation sites (N-methyl/N-ethyl adjacent to an activating group) is 1. The summed E-state index contributed by atoms with van der Waals surface area (Å²) in [6, 6.07) is 0.391. The number of carboxylic acid groups (broad SMARTS) is 1. The van der Waals surface area contributed by atoms with Gasteiger partial charge in [0.1, 0.15) is 5.54 Å². The van der Waals surface area contributed by atoms with Crippen LogP contribution in [0.1, 0.15) is 26.7 Å². The summed E-state index contributed by atoms with van der Waals surface area (Å²) < 4.78 is 0. The number of hydrogen-bond donors (Lipinski definition) is 2. The standard InChI is InChI=1S/C10H20N2O2/c1-10(2,9(13)14)12(3)8-4-6-11-7-5-8/h8,11H,4-7H2,1-3H3,(H,13,14). The highest BCUT2D eigenvalue weighted by atomic mass is 16.4. The fourth-order valence-corrected chi connectivity index (χ4v) is 1.80. The molecule has 0 amide bonds. The van der Waals surface area contributed by atoms with Crippen molar-refractivity contribution in [2.45, 2.75) is 38.3 Å². The van der Waals surface area contributed by atoms with Crippen LogP contribution in [0.25, 0.3) is 0 Å². The second-order valence-electron chi connectivity index (χ2n) is 4.46. The molecule has 0 unspecified atom stereocenters. The van der Waals surface area contributed by atoms with Crippen molar-refractivity contribution in [2.75, 3.05) is 20.1 Å². The Balaban J connectivity index is 2.62. The maximum Gasteiger partial charge on any atom is 0.323 e. The maximum atomic E-state index is 11.0. The van der Waals surface area contributed by atoms with E-state index in [1.54, 1.807) is 13.8 Å². The van der Waals surface area contributed by atoms with Gasteiger partial charge < -0.3 is 10.4 Å². The van der Waals surface area contributed by atoms with Gasteiger partial charge in [0, 0.05) is 6.04 Å². The zero-order chi connectivity index (χ0) is 10.8. The Bertz CT molecular complexity index is 210. The summed E-state index contributed by atoms with van der Waals surface area (Å²) in [5, 5.41) is 12.4. The molecular weight excluding hydrogens is 180 g/mol. The Labute approximate surface area is 85.3 Å². The monoisotopic (exact) mass is 200 g/mol. The van der Waals surface area contributed by atoms with Crippen LogP contribution in [0.15, 0.2) is 0 Å². The molecule has 0 bridgehead atoms. The third-order valence-electron chi connectivity index (χ3n) is 3.26. The first-order chi connectivity index (χ1) is 6.46. The Hall–Kier alpha value is -0.610. The number of nitrogens with one attached hydrogen (secondary N) is 1. The van der Waals surface area contributed by atoms with Gasteiger partial charge in [-0.3, -0.25) is 9.69 Å². The Kier molecular flexibility index (Phi) is 3.50. The summed E-state index contributed by atoms with van der Waals surface area (Å²) in [5.41, 5.74) is -0.762. The van der Waals surface area contributed by atoms with Gasteiger partial charge in [0.15, 0.2) is 0 Å². The molecule has 1 saturated heterocycles. The number of hydrogen-bond acceptors (Lipinski definition) is 3. The average Bonchev–Trinajstić information content (AvgIpc) is 2.17. The molecule has 82 valence electrons. The van der Waals surface area contributed by atoms with Crippen LogP contribution in [0.5, 0.6) is 0 Å². The molecule has 1 aliphatic rings. The molecule has 0 aromatic rings. The highest BCUT2D eigenvalue weighted by molar-refractivity contribution is 5.77. The fraction of sp³-hybridized carbons (Fsp3) is 0.900. The van der Waals surface area contributed by atoms with Crippen LogP contribution in [0.4, 0.5) is 0 Å². The van der Waals surface area contributed by atoms with Gasteiger partial charge >= 0.3 is 5.97 Å². The number of aliphatic carboxylic acids is 1. The second kappa shape index (κ2) is 4.28. The predicted molar refractivity (Wildman–Crippen MR) is 55.4 cm³/mol. The molecule has 1 fully saturated rings. The molecule has 0 atom stereocenters. The quantitative estimate of drug-likeness (QED) is 0.698. The molecule has 4 heteroatoms. The number of piperidine rings is 1. The predicted octanol–water partition coefficient (Wildman–Crippen LogP) is 0.533. The van der Waals surface area contributed by atoms with Crippen LogP contribution in [-0.4, -0.2) is 47.7 Å². The zero-order valence-corrected chi connectivity index (χ0v) is 9.21. The lowest BCUT2D eigenvalue weighted by atomic mass is 9.97. The van der Waals surface area contributed by atoms with Crippen molar-refractivity contribution < 1.29 is 9.90 Å². The Morgan fingerprint density at radius 1 is 1.43 bits per heavy atom. The molecule has 0 aromatic carbocycles. The first-order valence-corrected chi connectivity index (χ1v) is 5.13. The van der Waals surface area contributed by atoms with Gasteiger partial charge in [-0.2, -0.15) is 0 Å². The fourth-order valence-electron chi connectivity index (χ4n) is 1.80. The van der Waals surface area contributed by atoms with Crippen LogP contribution >= 0.6 is 0 Å². The lowest BCUT2D eigenvalue weighted by Crippen LogP contribution is -2.54. The van der Waals surface area contributed by atoms with Crippen LogP contribution in [-0.2, 0) is 4.79 Å². The van der Waals surface area contributed by atoms with E-state index in [4.69, 9.17) is 5.11 Å². The molecule has 0 radical (unpaired) electrons. The van der Waals surface area contributed by atoms with Crippen LogP contribution < -0.4 is 5.32 Å². The van der Waals surface area contributed by atoms with E-state index in [2.05, 4.69) is 5.32 Å². The number of carbonyl (C=O) groups is 1. The minimum atomic E-state index is -0.762. The number of carboxylic acids is 1. The van der Waals surface area contributed by atoms with Gasteiger partial charge in [0.2, 0.25) is 0 Å². The number of rotatable bonds is 3. The minimum Gasteiger partial charge on any atom is -0.480 e. The van der Waals surface area contributed by atoms with Crippen molar-refractivity contribution in [1.82, 2.24) is 10.2 Å². The molecule has 2 N–H and O–H groups in total. The van der Waals surface area contributed by atoms with Crippen molar-refractivity contribution in [3.05, 3.63) is 0 Å². The molecule has 14 heavy (non-hydrogen) atoms. The SMILES string of the molecule is CN(C1CCNCC1)C(C)(C)C(=O)O. The van der Waals surface area contributed by atoms with E-state index in [0.717, 1.165) is 25.9 Å². The summed E-state index contributed by atoms with van der Waals surface area (Å²) in [5.74, 6) is -0.751. The molecule has 1 heterocycles. The largest absolute Gasteiger partial charge is 0.480 e. The normalized spacial score (nSPS) is 20.0. The lowest BCUT2D eigenvalue weighted by molar-refractivity contribution is -0.150. The Morgan fingerprint density at radius 2 is 1.93 bits per heavy atom. The van der Waals surface area contributed by atoms with Gasteiger partial charge in [-0.25, -0.2) is 0 Å². The maximum absolute atomic E-state index is 11.0. The molecular formula is C10H20N2O2. The van der Waals surface area contributed by atoms with Crippen LogP contribution in [0, 0.1) is 0 Å². The van der Waals surface area contributed by atoms with Crippen LogP contribution in [0.2, 0.25) is 0 Å². The molecule has 4 nitrogen and oxygen atoms in total. The third kappa shape index (κ3) is 2.25. The van der Waals surface area contributed by atoms with E-state index in [-0.39, 0.29) is 0 Å². The zero-order valence-electron chi connectivity index (χ0n) is 9.21. The Morgan fingerprint density at radius 3 is 2.36 bits per heavy atom. The summed E-state index contributed by atoms with van der Waals surface area (Å²) in [7, 11) is 1.91. The van der Waals surface area contributed by atoms with E-state index in [1.807, 2.05) is 11.9 Å². The van der Waals surface area contributed by atoms with Gasteiger partial charge in [0.05, 0.1) is 0 Å². The van der Waals surface area contributed by atoms with Gasteiger partial charge in [-0.15, -0.1) is 0 Å². The number of nitrogens with zero attached hydrogens (tertiary/aromatic N) is 1. The lowest BCUT2D eigenvalue weighted by Gasteiger charge is -2.40. The second-order valence-corrected chi connectivity index (χ2v) is 4.46. The summed E-state index contributed by atoms with van der Waals surface area (Å²) >= 11 is 0. The summed E-state index contributed by atoms with van der Waals surface area (Å²) in [4.78, 5) is 13.0. The van der Waals surface area contributed by atoms with Crippen molar-refractivity contribution in [1.29, 1.82) is 0 Å². The summed E-state index contributed by atoms with van der Waals surface area (Å²) in [6.07, 6.45) is 2.07. The highest BCUT2D eigenvalue weighted by Gasteiger charge is 2.36. The van der Waals surface area contributed by atoms with E-state index in [1.165, 1.54) is 0 Å². The van der Waals surface area contributed by atoms with Gasteiger partial charge in [-0.05, 0) is 46.8 Å². The van der Waals surface area contributed by atoms with Crippen molar-refractivity contribution in [2.24, 2.45) is 0 Å². The van der Waals surface area contributed by atoms with Gasteiger partial charge in [-0.1, -0.05) is 0 Å². The smallest absolute Gasteiger partial charge is 0.323 e. The molecule has 1 aliphatic heterocycles. The van der Waals surface area contributed by atoms with E-state index >= 15 is 0 Å².